The van der Waals surface area contributed by atoms with Gasteiger partial charge in [0.05, 0.1) is 30.0 Å². The average Bonchev–Trinajstić information content (AvgIpc) is 3.28. The minimum atomic E-state index is -0.448. The first-order chi connectivity index (χ1) is 14.4. The van der Waals surface area contributed by atoms with Gasteiger partial charge in [-0.05, 0) is 49.4 Å². The van der Waals surface area contributed by atoms with Crippen LogP contribution in [-0.2, 0) is 4.74 Å². The fourth-order valence-electron chi connectivity index (χ4n) is 2.87. The molecule has 3 aromatic rings. The minimum Gasteiger partial charge on any atom is -0.496 e. The molecule has 0 aliphatic heterocycles. The third-order valence-corrected chi connectivity index (χ3v) is 4.75. The van der Waals surface area contributed by atoms with E-state index in [2.05, 4.69) is 5.32 Å². The van der Waals surface area contributed by atoms with E-state index in [0.717, 1.165) is 0 Å². The van der Waals surface area contributed by atoms with Crippen molar-refractivity contribution in [2.24, 2.45) is 0 Å². The number of benzene rings is 2. The standard InChI is InChI=1S/C22H22ClN3O4/c1-4-30-22(28)25(2)16-9-7-15(8-10-16)24-21(27)17-13-18(23)19(14-20(17)29-3)26-11-5-6-12-26/h5-14H,4H2,1-3H3,(H,24,27). The fraction of sp³-hybridized carbons (Fsp3) is 0.182. The lowest BCUT2D eigenvalue weighted by molar-refractivity contribution is 0.102. The van der Waals surface area contributed by atoms with E-state index in [1.807, 2.05) is 29.1 Å². The van der Waals surface area contributed by atoms with E-state index in [0.29, 0.717) is 40.0 Å². The molecular weight excluding hydrogens is 406 g/mol. The Balaban J connectivity index is 1.79. The molecule has 0 fully saturated rings. The number of methoxy groups -OCH3 is 1. The van der Waals surface area contributed by atoms with E-state index in [9.17, 15) is 9.59 Å². The van der Waals surface area contributed by atoms with Gasteiger partial charge < -0.3 is 19.4 Å². The number of nitrogens with zero attached hydrogens (tertiary/aromatic N) is 2. The smallest absolute Gasteiger partial charge is 0.413 e. The lowest BCUT2D eigenvalue weighted by atomic mass is 10.1. The van der Waals surface area contributed by atoms with E-state index >= 15 is 0 Å². The van der Waals surface area contributed by atoms with Gasteiger partial charge in [-0.3, -0.25) is 9.69 Å². The number of hydrogen-bond acceptors (Lipinski definition) is 4. The van der Waals surface area contributed by atoms with Crippen molar-refractivity contribution in [1.29, 1.82) is 0 Å². The molecule has 0 radical (unpaired) electrons. The first kappa shape index (κ1) is 21.3. The van der Waals surface area contributed by atoms with Crippen molar-refractivity contribution in [3.8, 4) is 11.4 Å². The molecule has 0 aliphatic carbocycles. The van der Waals surface area contributed by atoms with Crippen LogP contribution in [0.5, 0.6) is 5.75 Å². The monoisotopic (exact) mass is 427 g/mol. The Hall–Kier alpha value is -3.45. The van der Waals surface area contributed by atoms with Crippen LogP contribution in [-0.4, -0.2) is 37.3 Å². The summed E-state index contributed by atoms with van der Waals surface area (Å²) in [5, 5.41) is 3.24. The molecule has 30 heavy (non-hydrogen) atoms. The predicted octanol–water partition coefficient (Wildman–Crippen LogP) is 4.98. The quantitative estimate of drug-likeness (QED) is 0.601. The fourth-order valence-corrected chi connectivity index (χ4v) is 3.14. The largest absolute Gasteiger partial charge is 0.496 e. The van der Waals surface area contributed by atoms with Crippen molar-refractivity contribution in [3.05, 3.63) is 71.5 Å². The second kappa shape index (κ2) is 9.37. The highest BCUT2D eigenvalue weighted by Crippen LogP contribution is 2.30. The average molecular weight is 428 g/mol. The number of rotatable bonds is 6. The molecule has 1 N–H and O–H groups in total. The van der Waals surface area contributed by atoms with Gasteiger partial charge in [-0.1, -0.05) is 11.6 Å². The van der Waals surface area contributed by atoms with Crippen LogP contribution >= 0.6 is 11.6 Å². The molecule has 7 nitrogen and oxygen atoms in total. The van der Waals surface area contributed by atoms with Gasteiger partial charge in [-0.2, -0.15) is 0 Å². The highest BCUT2D eigenvalue weighted by molar-refractivity contribution is 6.33. The molecular formula is C22H22ClN3O4. The zero-order valence-electron chi connectivity index (χ0n) is 16.9. The van der Waals surface area contributed by atoms with Crippen molar-refractivity contribution in [1.82, 2.24) is 4.57 Å². The Labute approximate surface area is 179 Å². The summed E-state index contributed by atoms with van der Waals surface area (Å²) in [6.45, 7) is 2.04. The van der Waals surface area contributed by atoms with Crippen LogP contribution in [0.2, 0.25) is 5.02 Å². The summed E-state index contributed by atoms with van der Waals surface area (Å²) >= 11 is 6.40. The molecule has 0 aliphatic rings. The van der Waals surface area contributed by atoms with E-state index in [4.69, 9.17) is 21.1 Å². The van der Waals surface area contributed by atoms with Crippen LogP contribution in [0.1, 0.15) is 17.3 Å². The third-order valence-electron chi connectivity index (χ3n) is 4.45. The van der Waals surface area contributed by atoms with Crippen molar-refractivity contribution in [3.63, 3.8) is 0 Å². The van der Waals surface area contributed by atoms with Gasteiger partial charge in [-0.25, -0.2) is 4.79 Å². The maximum atomic E-state index is 12.8. The summed E-state index contributed by atoms with van der Waals surface area (Å²) in [5.74, 6) is 0.0403. The number of halogens is 1. The number of anilines is 2. The molecule has 0 saturated carbocycles. The Morgan fingerprint density at radius 2 is 1.80 bits per heavy atom. The number of amides is 2. The molecule has 0 spiro atoms. The summed E-state index contributed by atoms with van der Waals surface area (Å²) in [6.07, 6.45) is 3.27. The summed E-state index contributed by atoms with van der Waals surface area (Å²) in [4.78, 5) is 26.0. The molecule has 156 valence electrons. The minimum absolute atomic E-state index is 0.296. The second-order valence-electron chi connectivity index (χ2n) is 6.35. The van der Waals surface area contributed by atoms with Gasteiger partial charge in [0.15, 0.2) is 0 Å². The lowest BCUT2D eigenvalue weighted by Gasteiger charge is -2.17. The summed E-state index contributed by atoms with van der Waals surface area (Å²) in [6, 6.07) is 13.9. The van der Waals surface area contributed by atoms with Crippen LogP contribution in [0, 0.1) is 0 Å². The van der Waals surface area contributed by atoms with Crippen LogP contribution in [0.4, 0.5) is 16.2 Å². The Morgan fingerprint density at radius 1 is 1.13 bits per heavy atom. The summed E-state index contributed by atoms with van der Waals surface area (Å²) in [5.41, 5.74) is 2.23. The predicted molar refractivity (Wildman–Crippen MR) is 117 cm³/mol. The van der Waals surface area contributed by atoms with Crippen molar-refractivity contribution >= 4 is 35.0 Å². The summed E-state index contributed by atoms with van der Waals surface area (Å²) < 4.78 is 12.2. The molecule has 0 unspecified atom stereocenters. The molecule has 1 aromatic heterocycles. The van der Waals surface area contributed by atoms with E-state index in [1.165, 1.54) is 12.0 Å². The maximum Gasteiger partial charge on any atom is 0.413 e. The number of carbonyl (C=O) groups is 2. The zero-order chi connectivity index (χ0) is 21.7. The van der Waals surface area contributed by atoms with Crippen molar-refractivity contribution < 1.29 is 19.1 Å². The third kappa shape index (κ3) is 4.58. The highest BCUT2D eigenvalue weighted by atomic mass is 35.5. The molecule has 0 atom stereocenters. The van der Waals surface area contributed by atoms with Gasteiger partial charge in [0.25, 0.3) is 5.91 Å². The van der Waals surface area contributed by atoms with Gasteiger partial charge in [-0.15, -0.1) is 0 Å². The van der Waals surface area contributed by atoms with E-state index < -0.39 is 6.09 Å². The highest BCUT2D eigenvalue weighted by Gasteiger charge is 2.17. The van der Waals surface area contributed by atoms with Crippen LogP contribution in [0.25, 0.3) is 5.69 Å². The van der Waals surface area contributed by atoms with Crippen molar-refractivity contribution in [2.75, 3.05) is 31.0 Å². The molecule has 0 bridgehead atoms. The molecule has 1 heterocycles. The Morgan fingerprint density at radius 3 is 2.40 bits per heavy atom. The molecule has 3 rings (SSSR count). The lowest BCUT2D eigenvalue weighted by Crippen LogP contribution is -2.26. The SMILES string of the molecule is CCOC(=O)N(C)c1ccc(NC(=O)c2cc(Cl)c(-n3cccc3)cc2OC)cc1. The molecule has 8 heteroatoms. The Bertz CT molecular complexity index is 1030. The van der Waals surface area contributed by atoms with Crippen LogP contribution < -0.4 is 15.0 Å². The van der Waals surface area contributed by atoms with Gasteiger partial charge >= 0.3 is 6.09 Å². The number of hydrogen-bond donors (Lipinski definition) is 1. The molecule has 2 amide bonds. The number of aromatic nitrogens is 1. The first-order valence-electron chi connectivity index (χ1n) is 9.27. The number of ether oxygens (including phenoxy) is 2. The van der Waals surface area contributed by atoms with E-state index in [-0.39, 0.29) is 5.91 Å². The second-order valence-corrected chi connectivity index (χ2v) is 6.76. The maximum absolute atomic E-state index is 12.8. The molecule has 0 saturated heterocycles. The Kier molecular flexibility index (Phi) is 6.64. The first-order valence-corrected chi connectivity index (χ1v) is 9.65. The number of nitrogens with one attached hydrogen (secondary N) is 1. The topological polar surface area (TPSA) is 72.8 Å². The van der Waals surface area contributed by atoms with Crippen LogP contribution in [0.15, 0.2) is 60.9 Å². The van der Waals surface area contributed by atoms with E-state index in [1.54, 1.807) is 50.4 Å². The molecule has 2 aromatic carbocycles. The normalized spacial score (nSPS) is 10.4. The van der Waals surface area contributed by atoms with Gasteiger partial charge in [0, 0.05) is 36.9 Å². The van der Waals surface area contributed by atoms with Crippen molar-refractivity contribution in [2.45, 2.75) is 6.92 Å². The summed E-state index contributed by atoms with van der Waals surface area (Å²) in [7, 11) is 3.12. The van der Waals surface area contributed by atoms with Gasteiger partial charge in [0.2, 0.25) is 0 Å². The number of carbonyl (C=O) groups excluding carboxylic acids is 2. The zero-order valence-corrected chi connectivity index (χ0v) is 17.6. The van der Waals surface area contributed by atoms with Crippen LogP contribution in [0.3, 0.4) is 0 Å². The van der Waals surface area contributed by atoms with Gasteiger partial charge in [0.1, 0.15) is 5.75 Å².